The molecule has 1 saturated heterocycles. The van der Waals surface area contributed by atoms with Crippen molar-refractivity contribution in [2.75, 3.05) is 48.6 Å². The first-order valence-electron chi connectivity index (χ1n) is 11.3. The summed E-state index contributed by atoms with van der Waals surface area (Å²) in [5.74, 6) is -1.21. The normalized spacial score (nSPS) is 13.4. The van der Waals surface area contributed by atoms with Crippen molar-refractivity contribution in [3.05, 3.63) is 77.2 Å². The zero-order valence-electron chi connectivity index (χ0n) is 19.6. The van der Waals surface area contributed by atoms with Crippen LogP contribution in [0.25, 0.3) is 0 Å². The van der Waals surface area contributed by atoms with Crippen LogP contribution in [0.1, 0.15) is 21.5 Å². The topological polar surface area (TPSA) is 118 Å². The van der Waals surface area contributed by atoms with Gasteiger partial charge in [-0.3, -0.25) is 4.79 Å². The van der Waals surface area contributed by atoms with E-state index in [9.17, 15) is 14.0 Å². The number of hydrogen-bond acceptors (Lipinski definition) is 9. The second-order valence-electron chi connectivity index (χ2n) is 7.95. The summed E-state index contributed by atoms with van der Waals surface area (Å²) in [4.78, 5) is 34.1. The molecule has 4 rings (SSSR count). The van der Waals surface area contributed by atoms with E-state index in [-0.39, 0.29) is 11.8 Å². The number of anilines is 3. The first-order chi connectivity index (χ1) is 17.5. The van der Waals surface area contributed by atoms with Crippen molar-refractivity contribution in [1.82, 2.24) is 9.97 Å². The Bertz CT molecular complexity index is 1230. The number of nitrogens with one attached hydrogen (secondary N) is 2. The number of morpholine rings is 1. The molecule has 1 aliphatic heterocycles. The predicted molar refractivity (Wildman–Crippen MR) is 133 cm³/mol. The molecule has 0 spiro atoms. The van der Waals surface area contributed by atoms with Gasteiger partial charge in [0.2, 0.25) is 5.95 Å². The summed E-state index contributed by atoms with van der Waals surface area (Å²) in [5.41, 5.74) is 5.36. The van der Waals surface area contributed by atoms with Crippen molar-refractivity contribution in [3.8, 4) is 0 Å². The molecular weight excluding hydrogens is 467 g/mol. The minimum absolute atomic E-state index is 0.151. The van der Waals surface area contributed by atoms with Crippen LogP contribution in [0.15, 0.2) is 59.8 Å². The van der Waals surface area contributed by atoms with E-state index in [1.807, 2.05) is 19.1 Å². The molecule has 1 fully saturated rings. The molecule has 0 radical (unpaired) electrons. The number of aromatic nitrogens is 2. The maximum atomic E-state index is 14.1. The molecule has 1 aliphatic rings. The summed E-state index contributed by atoms with van der Waals surface area (Å²) in [6.07, 6.45) is 2.60. The number of esters is 1. The van der Waals surface area contributed by atoms with Gasteiger partial charge in [0.05, 0.1) is 31.2 Å². The van der Waals surface area contributed by atoms with Crippen LogP contribution >= 0.6 is 0 Å². The van der Waals surface area contributed by atoms with Gasteiger partial charge in [0.15, 0.2) is 18.2 Å². The number of nitrogens with zero attached hydrogens (tertiary/aromatic N) is 4. The van der Waals surface area contributed by atoms with Crippen molar-refractivity contribution in [3.63, 3.8) is 0 Å². The van der Waals surface area contributed by atoms with Gasteiger partial charge in [0.25, 0.3) is 5.91 Å². The minimum atomic E-state index is -0.619. The number of aryl methyl sites for hydroxylation is 1. The van der Waals surface area contributed by atoms with Crippen LogP contribution in [0.2, 0.25) is 0 Å². The lowest BCUT2D eigenvalue weighted by molar-refractivity contribution is -0.119. The Balaban J connectivity index is 1.27. The number of ether oxygens (including phenoxy) is 2. The van der Waals surface area contributed by atoms with Gasteiger partial charge in [0.1, 0.15) is 0 Å². The van der Waals surface area contributed by atoms with Gasteiger partial charge in [0, 0.05) is 18.8 Å². The Labute approximate surface area is 207 Å². The molecule has 0 saturated carbocycles. The van der Waals surface area contributed by atoms with Gasteiger partial charge in [-0.15, -0.1) is 0 Å². The van der Waals surface area contributed by atoms with Crippen molar-refractivity contribution in [1.29, 1.82) is 0 Å². The number of carbonyl (C=O) groups excluding carboxylic acids is 2. The lowest BCUT2D eigenvalue weighted by Crippen LogP contribution is -2.37. The molecule has 0 bridgehead atoms. The number of halogens is 1. The summed E-state index contributed by atoms with van der Waals surface area (Å²) < 4.78 is 24.5. The maximum absolute atomic E-state index is 14.1. The summed E-state index contributed by atoms with van der Waals surface area (Å²) in [5, 5.41) is 6.74. The first-order valence-corrected chi connectivity index (χ1v) is 11.3. The van der Waals surface area contributed by atoms with Crippen LogP contribution in [-0.4, -0.2) is 61.0 Å². The third kappa shape index (κ3) is 6.83. The van der Waals surface area contributed by atoms with Crippen LogP contribution in [0.4, 0.5) is 21.8 Å². The molecule has 36 heavy (non-hydrogen) atoms. The Kier molecular flexibility index (Phi) is 8.14. The smallest absolute Gasteiger partial charge is 0.338 e. The molecule has 11 heteroatoms. The summed E-state index contributed by atoms with van der Waals surface area (Å²) in [7, 11) is 0. The summed E-state index contributed by atoms with van der Waals surface area (Å²) in [6.45, 7) is 3.65. The fourth-order valence-electron chi connectivity index (χ4n) is 3.33. The molecule has 0 atom stereocenters. The van der Waals surface area contributed by atoms with Crippen molar-refractivity contribution in [2.45, 2.75) is 6.92 Å². The lowest BCUT2D eigenvalue weighted by atomic mass is 10.1. The highest BCUT2D eigenvalue weighted by atomic mass is 19.1. The average Bonchev–Trinajstić information content (AvgIpc) is 2.90. The zero-order chi connectivity index (χ0) is 25.3. The van der Waals surface area contributed by atoms with Crippen molar-refractivity contribution < 1.29 is 23.5 Å². The fraction of sp³-hybridized carbons (Fsp3) is 0.240. The number of rotatable bonds is 8. The Morgan fingerprint density at radius 2 is 1.86 bits per heavy atom. The Hall–Kier alpha value is -4.38. The highest BCUT2D eigenvalue weighted by molar-refractivity contribution is 5.95. The van der Waals surface area contributed by atoms with E-state index in [0.717, 1.165) is 11.8 Å². The van der Waals surface area contributed by atoms with Gasteiger partial charge in [-0.05, 0) is 36.8 Å². The van der Waals surface area contributed by atoms with Crippen LogP contribution in [0.3, 0.4) is 0 Å². The molecule has 2 heterocycles. The molecule has 10 nitrogen and oxygen atoms in total. The molecule has 1 aromatic heterocycles. The Morgan fingerprint density at radius 1 is 1.14 bits per heavy atom. The van der Waals surface area contributed by atoms with Crippen molar-refractivity contribution in [2.24, 2.45) is 5.10 Å². The van der Waals surface area contributed by atoms with Gasteiger partial charge in [-0.1, -0.05) is 29.8 Å². The predicted octanol–water partition coefficient (Wildman–Crippen LogP) is 3.00. The SMILES string of the molecule is Cc1ccc(NC(=O)COC(=O)c2ccc(/C=N\Nc3ncc(F)c(N4CCOCC4)n3)cc2)cc1. The largest absolute Gasteiger partial charge is 0.452 e. The molecular formula is C25H25FN6O4. The fourth-order valence-corrected chi connectivity index (χ4v) is 3.33. The second kappa shape index (κ2) is 11.8. The third-order valence-electron chi connectivity index (χ3n) is 5.23. The van der Waals surface area contributed by atoms with E-state index in [1.165, 1.54) is 6.21 Å². The average molecular weight is 493 g/mol. The van der Waals surface area contributed by atoms with E-state index < -0.39 is 24.3 Å². The first kappa shape index (κ1) is 24.7. The van der Waals surface area contributed by atoms with Gasteiger partial charge in [-0.25, -0.2) is 19.6 Å². The third-order valence-corrected chi connectivity index (χ3v) is 5.23. The van der Waals surface area contributed by atoms with Crippen molar-refractivity contribution >= 4 is 35.5 Å². The molecule has 0 unspecified atom stereocenters. The van der Waals surface area contributed by atoms with E-state index in [2.05, 4.69) is 25.8 Å². The maximum Gasteiger partial charge on any atom is 0.338 e. The van der Waals surface area contributed by atoms with E-state index in [4.69, 9.17) is 9.47 Å². The van der Waals surface area contributed by atoms with Crippen LogP contribution < -0.4 is 15.6 Å². The molecule has 2 aromatic carbocycles. The molecule has 0 aliphatic carbocycles. The van der Waals surface area contributed by atoms with E-state index >= 15 is 0 Å². The number of carbonyl (C=O) groups is 2. The van der Waals surface area contributed by atoms with Gasteiger partial charge < -0.3 is 19.7 Å². The van der Waals surface area contributed by atoms with Crippen LogP contribution in [-0.2, 0) is 14.3 Å². The number of hydrogen-bond donors (Lipinski definition) is 2. The van der Waals surface area contributed by atoms with E-state index in [0.29, 0.717) is 43.1 Å². The summed E-state index contributed by atoms with van der Waals surface area (Å²) >= 11 is 0. The number of benzene rings is 2. The van der Waals surface area contributed by atoms with E-state index in [1.54, 1.807) is 41.3 Å². The molecule has 1 amide bonds. The summed E-state index contributed by atoms with van der Waals surface area (Å²) in [6, 6.07) is 13.7. The van der Waals surface area contributed by atoms with Crippen LogP contribution in [0, 0.1) is 12.7 Å². The lowest BCUT2D eigenvalue weighted by Gasteiger charge is -2.27. The second-order valence-corrected chi connectivity index (χ2v) is 7.95. The molecule has 186 valence electrons. The molecule has 3 aromatic rings. The van der Waals surface area contributed by atoms with Gasteiger partial charge in [-0.2, -0.15) is 10.1 Å². The van der Waals surface area contributed by atoms with Gasteiger partial charge >= 0.3 is 5.97 Å². The number of hydrazone groups is 1. The highest BCUT2D eigenvalue weighted by Crippen LogP contribution is 2.18. The Morgan fingerprint density at radius 3 is 2.58 bits per heavy atom. The number of amides is 1. The molecule has 2 N–H and O–H groups in total. The highest BCUT2D eigenvalue weighted by Gasteiger charge is 2.17. The quantitative estimate of drug-likeness (QED) is 0.280. The van der Waals surface area contributed by atoms with Crippen LogP contribution in [0.5, 0.6) is 0 Å². The minimum Gasteiger partial charge on any atom is -0.452 e. The standard InChI is InChI=1S/C25H25FN6O4/c1-17-2-8-20(9-3-17)29-22(33)16-36-24(34)19-6-4-18(5-7-19)14-28-31-25-27-15-21(26)23(30-25)32-10-12-35-13-11-32/h2-9,14-15H,10-13,16H2,1H3,(H,29,33)(H,27,30,31)/b28-14-. The zero-order valence-corrected chi connectivity index (χ0v) is 19.6. The monoisotopic (exact) mass is 492 g/mol.